The zero-order chi connectivity index (χ0) is 20.9. The van der Waals surface area contributed by atoms with Gasteiger partial charge in [-0.05, 0) is 41.5 Å². The van der Waals surface area contributed by atoms with Crippen molar-refractivity contribution in [2.75, 3.05) is 7.05 Å². The lowest BCUT2D eigenvalue weighted by molar-refractivity contribution is -0.137. The number of nitrogens with one attached hydrogen (secondary N) is 2. The Morgan fingerprint density at radius 3 is 2.36 bits per heavy atom. The lowest BCUT2D eigenvalue weighted by Crippen LogP contribution is -2.38. The Bertz CT molecular complexity index is 909. The number of likely N-dealkylation sites (N-methyl/N-ethyl adjacent to an activating group) is 1. The molecular formula is C19H15F5N2O2. The van der Waals surface area contributed by atoms with Crippen LogP contribution >= 0.6 is 0 Å². The van der Waals surface area contributed by atoms with Gasteiger partial charge in [0.15, 0.2) is 11.6 Å². The number of carbonyl (C=O) groups excluding carboxylic acids is 2. The standard InChI is InChI=1S/C19H15F5N2O2/c1-25-18(28)17(12-6-7-14(20)15(21)10-12)26-16(27)8-5-11-3-2-4-13(9-11)19(22,23)24/h2-10,17H,1H3,(H,25,28)(H,26,27). The van der Waals surface area contributed by atoms with Gasteiger partial charge in [-0.25, -0.2) is 8.78 Å². The van der Waals surface area contributed by atoms with Crippen LogP contribution in [0.4, 0.5) is 22.0 Å². The maximum absolute atomic E-state index is 13.4. The van der Waals surface area contributed by atoms with Crippen LogP contribution in [0.1, 0.15) is 22.7 Å². The fourth-order valence-corrected chi connectivity index (χ4v) is 2.32. The highest BCUT2D eigenvalue weighted by Crippen LogP contribution is 2.29. The molecule has 0 aromatic heterocycles. The molecule has 2 aromatic carbocycles. The van der Waals surface area contributed by atoms with Crippen LogP contribution < -0.4 is 10.6 Å². The molecule has 2 aromatic rings. The molecule has 28 heavy (non-hydrogen) atoms. The van der Waals surface area contributed by atoms with Crippen molar-refractivity contribution in [2.45, 2.75) is 12.2 Å². The Hall–Kier alpha value is -3.23. The normalized spacial score (nSPS) is 12.6. The van der Waals surface area contributed by atoms with E-state index in [0.717, 1.165) is 42.5 Å². The van der Waals surface area contributed by atoms with Gasteiger partial charge in [0.2, 0.25) is 11.8 Å². The monoisotopic (exact) mass is 398 g/mol. The fraction of sp³-hybridized carbons (Fsp3) is 0.158. The predicted octanol–water partition coefficient (Wildman–Crippen LogP) is 3.60. The van der Waals surface area contributed by atoms with E-state index in [9.17, 15) is 31.5 Å². The van der Waals surface area contributed by atoms with Crippen LogP contribution in [0.15, 0.2) is 48.5 Å². The molecule has 0 aliphatic heterocycles. The number of amides is 2. The minimum Gasteiger partial charge on any atom is -0.357 e. The number of alkyl halides is 3. The molecule has 4 nitrogen and oxygen atoms in total. The van der Waals surface area contributed by atoms with Gasteiger partial charge in [0.25, 0.3) is 0 Å². The zero-order valence-corrected chi connectivity index (χ0v) is 14.5. The minimum atomic E-state index is -4.52. The minimum absolute atomic E-state index is 0.000862. The smallest absolute Gasteiger partial charge is 0.357 e. The average Bonchev–Trinajstić information content (AvgIpc) is 2.65. The molecule has 2 rings (SSSR count). The first-order chi connectivity index (χ1) is 13.1. The quantitative estimate of drug-likeness (QED) is 0.597. The van der Waals surface area contributed by atoms with E-state index in [2.05, 4.69) is 10.6 Å². The SMILES string of the molecule is CNC(=O)C(NC(=O)C=Cc1cccc(C(F)(F)F)c1)c1ccc(F)c(F)c1. The van der Waals surface area contributed by atoms with E-state index in [4.69, 9.17) is 0 Å². The van der Waals surface area contributed by atoms with Gasteiger partial charge in [-0.15, -0.1) is 0 Å². The van der Waals surface area contributed by atoms with Crippen molar-refractivity contribution in [2.24, 2.45) is 0 Å². The third kappa shape index (κ3) is 5.38. The highest BCUT2D eigenvalue weighted by Gasteiger charge is 2.30. The maximum atomic E-state index is 13.4. The molecule has 0 bridgehead atoms. The molecule has 2 amide bonds. The molecule has 0 saturated heterocycles. The molecule has 2 N–H and O–H groups in total. The van der Waals surface area contributed by atoms with Crippen LogP contribution in [0.5, 0.6) is 0 Å². The fourth-order valence-electron chi connectivity index (χ4n) is 2.32. The summed E-state index contributed by atoms with van der Waals surface area (Å²) in [5.74, 6) is -3.81. The zero-order valence-electron chi connectivity index (χ0n) is 14.5. The van der Waals surface area contributed by atoms with E-state index in [1.807, 2.05) is 0 Å². The largest absolute Gasteiger partial charge is 0.416 e. The predicted molar refractivity (Wildman–Crippen MR) is 91.8 cm³/mol. The van der Waals surface area contributed by atoms with Crippen molar-refractivity contribution in [3.8, 4) is 0 Å². The van der Waals surface area contributed by atoms with Crippen molar-refractivity contribution in [3.05, 3.63) is 76.9 Å². The van der Waals surface area contributed by atoms with E-state index in [0.29, 0.717) is 0 Å². The van der Waals surface area contributed by atoms with Crippen molar-refractivity contribution in [3.63, 3.8) is 0 Å². The number of hydrogen-bond donors (Lipinski definition) is 2. The van der Waals surface area contributed by atoms with Crippen molar-refractivity contribution < 1.29 is 31.5 Å². The first kappa shape index (κ1) is 21.1. The van der Waals surface area contributed by atoms with Gasteiger partial charge in [-0.1, -0.05) is 18.2 Å². The summed E-state index contributed by atoms with van der Waals surface area (Å²) in [5.41, 5.74) is -0.756. The molecular weight excluding hydrogens is 383 g/mol. The Balaban J connectivity index is 2.19. The second kappa shape index (κ2) is 8.64. The number of halogens is 5. The molecule has 0 saturated carbocycles. The second-order valence-electron chi connectivity index (χ2n) is 5.69. The third-order valence-electron chi connectivity index (χ3n) is 3.71. The summed E-state index contributed by atoms with van der Waals surface area (Å²) in [7, 11) is 1.29. The van der Waals surface area contributed by atoms with Gasteiger partial charge in [-0.2, -0.15) is 13.2 Å². The topological polar surface area (TPSA) is 58.2 Å². The Labute approximate surface area is 157 Å². The Morgan fingerprint density at radius 1 is 1.04 bits per heavy atom. The Morgan fingerprint density at radius 2 is 1.75 bits per heavy atom. The maximum Gasteiger partial charge on any atom is 0.416 e. The van der Waals surface area contributed by atoms with Gasteiger partial charge in [0, 0.05) is 13.1 Å². The number of carbonyl (C=O) groups is 2. The molecule has 0 aliphatic rings. The molecule has 0 fully saturated rings. The van der Waals surface area contributed by atoms with Gasteiger partial charge >= 0.3 is 6.18 Å². The van der Waals surface area contributed by atoms with Crippen LogP contribution in [0, 0.1) is 11.6 Å². The third-order valence-corrected chi connectivity index (χ3v) is 3.71. The number of rotatable bonds is 5. The molecule has 0 heterocycles. The van der Waals surface area contributed by atoms with Crippen LogP contribution in [0.25, 0.3) is 6.08 Å². The average molecular weight is 398 g/mol. The summed E-state index contributed by atoms with van der Waals surface area (Å²) < 4.78 is 64.6. The summed E-state index contributed by atoms with van der Waals surface area (Å²) in [5, 5.41) is 4.58. The summed E-state index contributed by atoms with van der Waals surface area (Å²) in [6.07, 6.45) is -2.45. The van der Waals surface area contributed by atoms with Crippen LogP contribution in [-0.2, 0) is 15.8 Å². The number of benzene rings is 2. The van der Waals surface area contributed by atoms with Crippen LogP contribution in [0.2, 0.25) is 0 Å². The molecule has 0 aliphatic carbocycles. The molecule has 148 valence electrons. The van der Waals surface area contributed by atoms with Crippen molar-refractivity contribution in [1.29, 1.82) is 0 Å². The lowest BCUT2D eigenvalue weighted by atomic mass is 10.1. The number of hydrogen-bond acceptors (Lipinski definition) is 2. The summed E-state index contributed by atoms with van der Waals surface area (Å²) in [6.45, 7) is 0. The molecule has 1 atom stereocenters. The van der Waals surface area contributed by atoms with Gasteiger partial charge in [0.05, 0.1) is 5.56 Å². The van der Waals surface area contributed by atoms with Gasteiger partial charge in [0.1, 0.15) is 6.04 Å². The highest BCUT2D eigenvalue weighted by molar-refractivity contribution is 5.95. The van der Waals surface area contributed by atoms with Crippen LogP contribution in [-0.4, -0.2) is 18.9 Å². The molecule has 1 unspecified atom stereocenters. The van der Waals surface area contributed by atoms with Crippen molar-refractivity contribution in [1.82, 2.24) is 10.6 Å². The summed E-state index contributed by atoms with van der Waals surface area (Å²) in [6, 6.07) is 5.70. The van der Waals surface area contributed by atoms with Crippen molar-refractivity contribution >= 4 is 17.9 Å². The first-order valence-corrected chi connectivity index (χ1v) is 7.94. The van der Waals surface area contributed by atoms with Gasteiger partial charge in [-0.3, -0.25) is 9.59 Å². The van der Waals surface area contributed by atoms with Gasteiger partial charge < -0.3 is 10.6 Å². The van der Waals surface area contributed by atoms with E-state index in [1.165, 1.54) is 19.2 Å². The lowest BCUT2D eigenvalue weighted by Gasteiger charge is -2.17. The van der Waals surface area contributed by atoms with E-state index < -0.39 is 41.2 Å². The van der Waals surface area contributed by atoms with E-state index >= 15 is 0 Å². The van der Waals surface area contributed by atoms with E-state index in [-0.39, 0.29) is 11.1 Å². The molecule has 9 heteroatoms. The first-order valence-electron chi connectivity index (χ1n) is 7.94. The summed E-state index contributed by atoms with van der Waals surface area (Å²) in [4.78, 5) is 24.1. The van der Waals surface area contributed by atoms with Crippen LogP contribution in [0.3, 0.4) is 0 Å². The summed E-state index contributed by atoms with van der Waals surface area (Å²) >= 11 is 0. The highest BCUT2D eigenvalue weighted by atomic mass is 19.4. The molecule has 0 radical (unpaired) electrons. The van der Waals surface area contributed by atoms with E-state index in [1.54, 1.807) is 0 Å². The Kier molecular flexibility index (Phi) is 6.50. The second-order valence-corrected chi connectivity index (χ2v) is 5.69. The molecule has 0 spiro atoms.